The summed E-state index contributed by atoms with van der Waals surface area (Å²) in [4.78, 5) is 12.0. The van der Waals surface area contributed by atoms with Gasteiger partial charge in [0.1, 0.15) is 0 Å². The molecule has 0 unspecified atom stereocenters. The fourth-order valence-electron chi connectivity index (χ4n) is 1.79. The van der Waals surface area contributed by atoms with Crippen LogP contribution >= 0.6 is 11.6 Å². The van der Waals surface area contributed by atoms with Gasteiger partial charge in [-0.1, -0.05) is 42.0 Å². The number of carbonyl (C=O) groups excluding carboxylic acids is 1. The molecule has 2 aromatic rings. The monoisotopic (exact) mass is 273 g/mol. The van der Waals surface area contributed by atoms with Gasteiger partial charge in [0.05, 0.1) is 0 Å². The predicted octanol–water partition coefficient (Wildman–Crippen LogP) is 3.66. The van der Waals surface area contributed by atoms with Crippen LogP contribution in [0.25, 0.3) is 0 Å². The van der Waals surface area contributed by atoms with Crippen molar-refractivity contribution in [2.24, 2.45) is 0 Å². The fraction of sp³-hybridized carbons (Fsp3) is 0.188. The Kier molecular flexibility index (Phi) is 4.58. The molecule has 0 aliphatic carbocycles. The van der Waals surface area contributed by atoms with Crippen LogP contribution in [-0.4, -0.2) is 5.91 Å². The van der Waals surface area contributed by atoms with E-state index in [1.54, 1.807) is 6.07 Å². The van der Waals surface area contributed by atoms with Gasteiger partial charge < -0.3 is 5.32 Å². The van der Waals surface area contributed by atoms with Crippen LogP contribution in [0.2, 0.25) is 0 Å². The number of nitrogens with one attached hydrogen (secondary N) is 1. The standard InChI is InChI=1S/C16H16ClNO/c1-12-5-7-13(8-6-12)11-18-16(19)15-4-2-3-14(9-15)10-17/h2-9H,10-11H2,1H3,(H,18,19). The molecule has 1 N–H and O–H groups in total. The van der Waals surface area contributed by atoms with E-state index >= 15 is 0 Å². The Labute approximate surface area is 118 Å². The lowest BCUT2D eigenvalue weighted by molar-refractivity contribution is 0.0951. The largest absolute Gasteiger partial charge is 0.348 e. The van der Waals surface area contributed by atoms with Crippen molar-refractivity contribution in [3.8, 4) is 0 Å². The topological polar surface area (TPSA) is 29.1 Å². The van der Waals surface area contributed by atoms with Crippen LogP contribution in [0.3, 0.4) is 0 Å². The first-order valence-corrected chi connectivity index (χ1v) is 6.71. The molecule has 0 aromatic heterocycles. The Morgan fingerprint density at radius 2 is 1.84 bits per heavy atom. The lowest BCUT2D eigenvalue weighted by Gasteiger charge is -2.06. The van der Waals surface area contributed by atoms with Gasteiger partial charge in [0.2, 0.25) is 0 Å². The minimum absolute atomic E-state index is 0.0764. The van der Waals surface area contributed by atoms with Crippen LogP contribution in [0.5, 0.6) is 0 Å². The highest BCUT2D eigenvalue weighted by Crippen LogP contribution is 2.08. The summed E-state index contributed by atoms with van der Waals surface area (Å²) in [6.45, 7) is 2.57. The third-order valence-corrected chi connectivity index (χ3v) is 3.23. The Bertz CT molecular complexity index is 563. The average Bonchev–Trinajstić information content (AvgIpc) is 2.46. The second-order valence-corrected chi connectivity index (χ2v) is 4.77. The first-order chi connectivity index (χ1) is 9.19. The van der Waals surface area contributed by atoms with Gasteiger partial charge in [0.15, 0.2) is 0 Å². The van der Waals surface area contributed by atoms with Crippen LogP contribution in [-0.2, 0) is 12.4 Å². The molecule has 1 amide bonds. The quantitative estimate of drug-likeness (QED) is 0.846. The summed E-state index contributed by atoms with van der Waals surface area (Å²) in [6, 6.07) is 15.5. The molecule has 0 radical (unpaired) electrons. The van der Waals surface area contributed by atoms with E-state index in [0.29, 0.717) is 18.0 Å². The zero-order chi connectivity index (χ0) is 13.7. The summed E-state index contributed by atoms with van der Waals surface area (Å²) in [5.74, 6) is 0.339. The molecule has 0 aliphatic heterocycles. The Morgan fingerprint density at radius 1 is 1.11 bits per heavy atom. The first kappa shape index (κ1) is 13.6. The Morgan fingerprint density at radius 3 is 2.53 bits per heavy atom. The van der Waals surface area contributed by atoms with Crippen LogP contribution in [0.4, 0.5) is 0 Å². The number of halogens is 1. The molecule has 2 aromatic carbocycles. The molecule has 0 fully saturated rings. The van der Waals surface area contributed by atoms with Crippen LogP contribution in [0.1, 0.15) is 27.0 Å². The molecule has 0 aliphatic rings. The third-order valence-electron chi connectivity index (χ3n) is 2.92. The van der Waals surface area contributed by atoms with Crippen molar-refractivity contribution in [2.45, 2.75) is 19.3 Å². The maximum Gasteiger partial charge on any atom is 0.251 e. The minimum Gasteiger partial charge on any atom is -0.348 e. The maximum absolute atomic E-state index is 12.0. The van der Waals surface area contributed by atoms with E-state index in [2.05, 4.69) is 5.32 Å². The van der Waals surface area contributed by atoms with Crippen molar-refractivity contribution in [1.29, 1.82) is 0 Å². The maximum atomic E-state index is 12.0. The van der Waals surface area contributed by atoms with E-state index in [9.17, 15) is 4.79 Å². The van der Waals surface area contributed by atoms with Gasteiger partial charge >= 0.3 is 0 Å². The van der Waals surface area contributed by atoms with E-state index in [4.69, 9.17) is 11.6 Å². The number of rotatable bonds is 4. The molecule has 0 bridgehead atoms. The van der Waals surface area contributed by atoms with Gasteiger partial charge in [-0.25, -0.2) is 0 Å². The van der Waals surface area contributed by atoms with E-state index in [1.165, 1.54) is 5.56 Å². The lowest BCUT2D eigenvalue weighted by Crippen LogP contribution is -2.22. The number of benzene rings is 2. The van der Waals surface area contributed by atoms with E-state index in [-0.39, 0.29) is 5.91 Å². The van der Waals surface area contributed by atoms with Gasteiger partial charge in [-0.3, -0.25) is 4.79 Å². The zero-order valence-corrected chi connectivity index (χ0v) is 11.6. The van der Waals surface area contributed by atoms with Gasteiger partial charge in [-0.15, -0.1) is 11.6 Å². The number of amides is 1. The molecule has 19 heavy (non-hydrogen) atoms. The first-order valence-electron chi connectivity index (χ1n) is 6.17. The summed E-state index contributed by atoms with van der Waals surface area (Å²) < 4.78 is 0. The highest BCUT2D eigenvalue weighted by Gasteiger charge is 2.05. The molecule has 0 saturated carbocycles. The van der Waals surface area contributed by atoms with Crippen molar-refractivity contribution in [2.75, 3.05) is 0 Å². The smallest absolute Gasteiger partial charge is 0.251 e. The summed E-state index contributed by atoms with van der Waals surface area (Å²) in [5, 5.41) is 2.90. The zero-order valence-electron chi connectivity index (χ0n) is 10.8. The van der Waals surface area contributed by atoms with Gasteiger partial charge in [0.25, 0.3) is 5.91 Å². The van der Waals surface area contributed by atoms with E-state index < -0.39 is 0 Å². The van der Waals surface area contributed by atoms with Crippen LogP contribution in [0, 0.1) is 6.92 Å². The molecule has 98 valence electrons. The van der Waals surface area contributed by atoms with E-state index in [0.717, 1.165) is 11.1 Å². The summed E-state index contributed by atoms with van der Waals surface area (Å²) >= 11 is 5.76. The second kappa shape index (κ2) is 6.39. The van der Waals surface area contributed by atoms with Crippen molar-refractivity contribution < 1.29 is 4.79 Å². The van der Waals surface area contributed by atoms with Crippen molar-refractivity contribution >= 4 is 17.5 Å². The highest BCUT2D eigenvalue weighted by atomic mass is 35.5. The molecule has 3 heteroatoms. The molecule has 0 saturated heterocycles. The summed E-state index contributed by atoms with van der Waals surface area (Å²) in [7, 11) is 0. The number of aryl methyl sites for hydroxylation is 1. The second-order valence-electron chi connectivity index (χ2n) is 4.50. The SMILES string of the molecule is Cc1ccc(CNC(=O)c2cccc(CCl)c2)cc1. The average molecular weight is 274 g/mol. The summed E-state index contributed by atoms with van der Waals surface area (Å²) in [6.07, 6.45) is 0. The van der Waals surface area contributed by atoms with Crippen LogP contribution in [0.15, 0.2) is 48.5 Å². The minimum atomic E-state index is -0.0764. The number of alkyl halides is 1. The third kappa shape index (κ3) is 3.83. The molecule has 0 spiro atoms. The molecular weight excluding hydrogens is 258 g/mol. The van der Waals surface area contributed by atoms with Crippen molar-refractivity contribution in [3.63, 3.8) is 0 Å². The number of hydrogen-bond acceptors (Lipinski definition) is 1. The predicted molar refractivity (Wildman–Crippen MR) is 78.3 cm³/mol. The molecule has 2 nitrogen and oxygen atoms in total. The molecule has 0 atom stereocenters. The van der Waals surface area contributed by atoms with Crippen molar-refractivity contribution in [3.05, 3.63) is 70.8 Å². The van der Waals surface area contributed by atoms with Crippen molar-refractivity contribution in [1.82, 2.24) is 5.32 Å². The van der Waals surface area contributed by atoms with Gasteiger partial charge in [0, 0.05) is 18.0 Å². The Balaban J connectivity index is 1.99. The number of hydrogen-bond donors (Lipinski definition) is 1. The molecular formula is C16H16ClNO. The highest BCUT2D eigenvalue weighted by molar-refractivity contribution is 6.17. The van der Waals surface area contributed by atoms with Gasteiger partial charge in [-0.2, -0.15) is 0 Å². The Hall–Kier alpha value is -1.80. The van der Waals surface area contributed by atoms with Crippen LogP contribution < -0.4 is 5.32 Å². The summed E-state index contributed by atoms with van der Waals surface area (Å²) in [5.41, 5.74) is 3.90. The fourth-order valence-corrected chi connectivity index (χ4v) is 1.95. The van der Waals surface area contributed by atoms with E-state index in [1.807, 2.05) is 49.4 Å². The molecule has 0 heterocycles. The van der Waals surface area contributed by atoms with Gasteiger partial charge in [-0.05, 0) is 30.2 Å². The number of carbonyl (C=O) groups is 1. The lowest BCUT2D eigenvalue weighted by atomic mass is 10.1. The molecule has 2 rings (SSSR count). The normalized spacial score (nSPS) is 10.2.